The van der Waals surface area contributed by atoms with E-state index in [0.29, 0.717) is 17.5 Å². The maximum atomic E-state index is 6.29. The van der Waals surface area contributed by atoms with Crippen LogP contribution in [0, 0.1) is 0 Å². The van der Waals surface area contributed by atoms with E-state index < -0.39 is 0 Å². The van der Waals surface area contributed by atoms with Gasteiger partial charge in [-0.2, -0.15) is 0 Å². The quantitative estimate of drug-likeness (QED) is 0.176. The number of aromatic nitrogens is 3. The summed E-state index contributed by atoms with van der Waals surface area (Å²) in [5, 5.41) is 4.53. The molecule has 4 nitrogen and oxygen atoms in total. The van der Waals surface area contributed by atoms with Gasteiger partial charge in [0.05, 0.1) is 0 Å². The molecule has 2 heterocycles. The van der Waals surface area contributed by atoms with E-state index in [1.165, 1.54) is 21.9 Å². The minimum atomic E-state index is 0.581. The molecule has 10 aromatic rings. The normalized spacial score (nSPS) is 11.4. The first-order valence-corrected chi connectivity index (χ1v) is 17.8. The van der Waals surface area contributed by atoms with Gasteiger partial charge >= 0.3 is 0 Å². The van der Waals surface area contributed by atoms with Crippen molar-refractivity contribution in [1.29, 1.82) is 0 Å². The third kappa shape index (κ3) is 5.63. The summed E-state index contributed by atoms with van der Waals surface area (Å²) < 4.78 is 6.29. The molecule has 0 fully saturated rings. The van der Waals surface area contributed by atoms with Crippen molar-refractivity contribution in [3.63, 3.8) is 0 Å². The van der Waals surface area contributed by atoms with Crippen molar-refractivity contribution in [3.05, 3.63) is 188 Å². The Kier molecular flexibility index (Phi) is 7.43. The average Bonchev–Trinajstić information content (AvgIpc) is 3.62. The van der Waals surface area contributed by atoms with Gasteiger partial charge in [-0.15, -0.1) is 0 Å². The number of hydrogen-bond acceptors (Lipinski definition) is 4. The second-order valence-electron chi connectivity index (χ2n) is 13.2. The summed E-state index contributed by atoms with van der Waals surface area (Å²) in [6.07, 6.45) is 0. The van der Waals surface area contributed by atoms with Gasteiger partial charge in [0.2, 0.25) is 0 Å². The molecule has 248 valence electrons. The molecule has 0 amide bonds. The molecule has 0 saturated heterocycles. The first kappa shape index (κ1) is 30.6. The van der Waals surface area contributed by atoms with Crippen molar-refractivity contribution in [2.24, 2.45) is 0 Å². The van der Waals surface area contributed by atoms with Crippen LogP contribution in [0.4, 0.5) is 0 Å². The lowest BCUT2D eigenvalue weighted by atomic mass is 9.92. The van der Waals surface area contributed by atoms with Gasteiger partial charge in [0.1, 0.15) is 11.2 Å². The van der Waals surface area contributed by atoms with E-state index in [2.05, 4.69) is 152 Å². The fourth-order valence-electron chi connectivity index (χ4n) is 7.34. The molecule has 0 atom stereocenters. The largest absolute Gasteiger partial charge is 0.456 e. The molecule has 2 aromatic heterocycles. The molecular formula is C49H31N3O. The van der Waals surface area contributed by atoms with Crippen molar-refractivity contribution in [2.45, 2.75) is 0 Å². The summed E-state index contributed by atoms with van der Waals surface area (Å²) in [5.41, 5.74) is 11.1. The maximum Gasteiger partial charge on any atom is 0.164 e. The Bertz CT molecular complexity index is 2950. The number of hydrogen-bond donors (Lipinski definition) is 0. The Morgan fingerprint density at radius 2 is 0.868 bits per heavy atom. The molecule has 4 heteroatoms. The highest BCUT2D eigenvalue weighted by Crippen LogP contribution is 2.38. The van der Waals surface area contributed by atoms with E-state index in [9.17, 15) is 0 Å². The third-order valence-corrected chi connectivity index (χ3v) is 9.93. The smallest absolute Gasteiger partial charge is 0.164 e. The monoisotopic (exact) mass is 677 g/mol. The molecular weight excluding hydrogens is 647 g/mol. The van der Waals surface area contributed by atoms with Crippen molar-refractivity contribution < 1.29 is 4.42 Å². The zero-order valence-corrected chi connectivity index (χ0v) is 28.6. The molecule has 0 bridgehead atoms. The zero-order valence-electron chi connectivity index (χ0n) is 28.6. The Balaban J connectivity index is 1.17. The highest BCUT2D eigenvalue weighted by Gasteiger charge is 2.18. The summed E-state index contributed by atoms with van der Waals surface area (Å²) in [4.78, 5) is 15.5. The van der Waals surface area contributed by atoms with Gasteiger partial charge in [0.15, 0.2) is 17.5 Å². The van der Waals surface area contributed by atoms with E-state index in [1.807, 2.05) is 36.4 Å². The minimum absolute atomic E-state index is 0.581. The molecule has 0 unspecified atom stereocenters. The topological polar surface area (TPSA) is 51.8 Å². The molecule has 0 saturated carbocycles. The highest BCUT2D eigenvalue weighted by molar-refractivity contribution is 6.06. The van der Waals surface area contributed by atoms with Crippen LogP contribution in [-0.4, -0.2) is 15.0 Å². The van der Waals surface area contributed by atoms with Gasteiger partial charge < -0.3 is 4.42 Å². The fraction of sp³-hybridized carbons (Fsp3) is 0. The standard InChI is InChI=1S/C49H31N3O/c1-3-14-32(15-4-1)38-29-34-18-7-8-22-40(34)44(30-38)35-19-13-20-36(28-35)47-50-48(37-26-27-42-41-23-11-12-25-45(41)53-46(42)31-37)52-49(51-47)43-24-10-9-21-39(43)33-16-5-2-6-17-33/h1-31H. The van der Waals surface area contributed by atoms with Crippen molar-refractivity contribution in [1.82, 2.24) is 15.0 Å². The molecule has 0 N–H and O–H groups in total. The van der Waals surface area contributed by atoms with Crippen LogP contribution in [0.15, 0.2) is 192 Å². The van der Waals surface area contributed by atoms with Crippen LogP contribution in [0.2, 0.25) is 0 Å². The van der Waals surface area contributed by atoms with Gasteiger partial charge in [-0.25, -0.2) is 15.0 Å². The molecule has 0 radical (unpaired) electrons. The van der Waals surface area contributed by atoms with Gasteiger partial charge in [-0.1, -0.05) is 152 Å². The Morgan fingerprint density at radius 1 is 0.283 bits per heavy atom. The van der Waals surface area contributed by atoms with Gasteiger partial charge in [-0.05, 0) is 80.6 Å². The van der Waals surface area contributed by atoms with Crippen LogP contribution >= 0.6 is 0 Å². The van der Waals surface area contributed by atoms with E-state index in [4.69, 9.17) is 19.4 Å². The highest BCUT2D eigenvalue weighted by atomic mass is 16.3. The second kappa shape index (κ2) is 12.9. The van der Waals surface area contributed by atoms with Crippen LogP contribution in [0.5, 0.6) is 0 Å². The molecule has 0 aliphatic rings. The van der Waals surface area contributed by atoms with Crippen LogP contribution in [0.25, 0.3) is 100 Å². The Morgan fingerprint density at radius 3 is 1.68 bits per heavy atom. The maximum absolute atomic E-state index is 6.29. The number of rotatable bonds is 6. The van der Waals surface area contributed by atoms with Gasteiger partial charge in [0.25, 0.3) is 0 Å². The molecule has 10 rings (SSSR count). The van der Waals surface area contributed by atoms with Crippen LogP contribution < -0.4 is 0 Å². The summed E-state index contributed by atoms with van der Waals surface area (Å²) >= 11 is 0. The molecule has 8 aromatic carbocycles. The number of para-hydroxylation sites is 1. The SMILES string of the molecule is c1ccc(-c2cc(-c3cccc(-c4nc(-c5ccc6c(c5)oc5ccccc56)nc(-c5ccccc5-c5ccccc5)n4)c3)c3ccccc3c2)cc1. The third-order valence-electron chi connectivity index (χ3n) is 9.93. The lowest BCUT2D eigenvalue weighted by Gasteiger charge is -2.14. The second-order valence-corrected chi connectivity index (χ2v) is 13.2. The number of furan rings is 1. The van der Waals surface area contributed by atoms with E-state index in [1.54, 1.807) is 0 Å². The summed E-state index contributed by atoms with van der Waals surface area (Å²) in [5.74, 6) is 1.79. The lowest BCUT2D eigenvalue weighted by Crippen LogP contribution is -2.01. The Hall–Kier alpha value is -7.17. The molecule has 0 spiro atoms. The number of fused-ring (bicyclic) bond motifs is 4. The predicted octanol–water partition coefficient (Wildman–Crippen LogP) is 12.9. The summed E-state index contributed by atoms with van der Waals surface area (Å²) in [6, 6.07) is 65.3. The van der Waals surface area contributed by atoms with Crippen molar-refractivity contribution in [3.8, 4) is 67.5 Å². The summed E-state index contributed by atoms with van der Waals surface area (Å²) in [6.45, 7) is 0. The van der Waals surface area contributed by atoms with E-state index >= 15 is 0 Å². The fourth-order valence-corrected chi connectivity index (χ4v) is 7.34. The first-order chi connectivity index (χ1) is 26.2. The molecule has 0 aliphatic carbocycles. The lowest BCUT2D eigenvalue weighted by molar-refractivity contribution is 0.669. The van der Waals surface area contributed by atoms with Crippen LogP contribution in [0.3, 0.4) is 0 Å². The van der Waals surface area contributed by atoms with E-state index in [-0.39, 0.29) is 0 Å². The minimum Gasteiger partial charge on any atom is -0.456 e. The molecule has 53 heavy (non-hydrogen) atoms. The predicted molar refractivity (Wildman–Crippen MR) is 217 cm³/mol. The van der Waals surface area contributed by atoms with Crippen LogP contribution in [0.1, 0.15) is 0 Å². The Labute approximate surface area is 306 Å². The molecule has 0 aliphatic heterocycles. The summed E-state index contributed by atoms with van der Waals surface area (Å²) in [7, 11) is 0. The van der Waals surface area contributed by atoms with Gasteiger partial charge in [0, 0.05) is 27.5 Å². The average molecular weight is 678 g/mol. The van der Waals surface area contributed by atoms with Crippen molar-refractivity contribution >= 4 is 32.7 Å². The van der Waals surface area contributed by atoms with Gasteiger partial charge in [-0.3, -0.25) is 0 Å². The van der Waals surface area contributed by atoms with Crippen molar-refractivity contribution in [2.75, 3.05) is 0 Å². The number of benzene rings is 8. The van der Waals surface area contributed by atoms with Crippen LogP contribution in [-0.2, 0) is 0 Å². The number of nitrogens with zero attached hydrogens (tertiary/aromatic N) is 3. The zero-order chi connectivity index (χ0) is 35.1. The first-order valence-electron chi connectivity index (χ1n) is 17.8. The van der Waals surface area contributed by atoms with E-state index in [0.717, 1.165) is 60.9 Å².